The Morgan fingerprint density at radius 2 is 0.803 bits per heavy atom. The first-order valence-electron chi connectivity index (χ1n) is 29.0. The summed E-state index contributed by atoms with van der Waals surface area (Å²) in [6.45, 7) is 0. The van der Waals surface area contributed by atoms with Crippen molar-refractivity contribution in [1.82, 2.24) is 0 Å². The van der Waals surface area contributed by atoms with Crippen molar-refractivity contribution in [3.8, 4) is 55.6 Å². The average molecular weight is 795 g/mol. The van der Waals surface area contributed by atoms with Gasteiger partial charge in [0.15, 0.2) is 0 Å². The molecule has 1 heteroatoms. The molecule has 0 spiro atoms. The second-order valence-electron chi connectivity index (χ2n) is 14.2. The van der Waals surface area contributed by atoms with Gasteiger partial charge >= 0.3 is 0 Å². The molecule has 0 aliphatic heterocycles. The average Bonchev–Trinajstić information content (AvgIpc) is 3.62. The van der Waals surface area contributed by atoms with Gasteiger partial charge in [-0.3, -0.25) is 0 Å². The Balaban J connectivity index is 1.20. The van der Waals surface area contributed by atoms with E-state index in [1.165, 1.54) is 0 Å². The monoisotopic (exact) mass is 794 g/mol. The van der Waals surface area contributed by atoms with Crippen molar-refractivity contribution >= 4 is 49.4 Å². The summed E-state index contributed by atoms with van der Waals surface area (Å²) in [4.78, 5) is 0.663. The van der Waals surface area contributed by atoms with E-state index in [0.717, 1.165) is 32.7 Å². The highest BCUT2D eigenvalue weighted by molar-refractivity contribution is 6.04. The van der Waals surface area contributed by atoms with E-state index >= 15 is 0 Å². The van der Waals surface area contributed by atoms with Crippen LogP contribution in [0.1, 0.15) is 26.0 Å². The van der Waals surface area contributed by atoms with Crippen LogP contribution in [0.3, 0.4) is 0 Å². The third-order valence-electron chi connectivity index (χ3n) is 10.6. The predicted octanol–water partition coefficient (Wildman–Crippen LogP) is 17.0. The molecule has 0 aliphatic rings. The van der Waals surface area contributed by atoms with Crippen molar-refractivity contribution in [1.29, 1.82) is 0 Å². The Labute approximate surface area is 383 Å². The second kappa shape index (κ2) is 15.6. The minimum atomic E-state index is -1.04. The minimum absolute atomic E-state index is 0.173. The SMILES string of the molecule is [2H]c1c([2H])c(N(c2c([2H])c([2H])c(-c3ccc4ccccc4c3-c3ccccc3)c([2H])c2[2H])c2c([2H])c([2H])c(-c3c([2H])c([2H])c([2H])c4c([2H])c([2H])c([2H])c([2H])c34)c([2H])c2[2H])c([2H])c([2H])c1-c1ccc(-c2cccc3ccccc23)cc1. The molecule has 0 radical (unpaired) electrons. The zero-order chi connectivity index (χ0) is 57.1. The number of benzene rings is 11. The molecular weight excluding hydrogens is 735 g/mol. The van der Waals surface area contributed by atoms with Gasteiger partial charge in [-0.1, -0.05) is 212 Å². The summed E-state index contributed by atoms with van der Waals surface area (Å²) in [6, 6.07) is 24.9. The van der Waals surface area contributed by atoms with Crippen LogP contribution in [0.15, 0.2) is 248 Å². The molecule has 0 saturated heterocycles. The number of anilines is 3. The van der Waals surface area contributed by atoms with Gasteiger partial charge in [-0.05, 0) is 124 Å². The van der Waals surface area contributed by atoms with E-state index in [2.05, 4.69) is 0 Å². The fourth-order valence-electron chi connectivity index (χ4n) is 7.68. The molecule has 0 unspecified atom stereocenters. The number of hydrogen-bond acceptors (Lipinski definition) is 1. The Bertz CT molecular complexity index is 4370. The van der Waals surface area contributed by atoms with Gasteiger partial charge in [0.2, 0.25) is 0 Å². The van der Waals surface area contributed by atoms with Crippen LogP contribution < -0.4 is 4.90 Å². The third-order valence-corrected chi connectivity index (χ3v) is 10.6. The molecule has 0 saturated carbocycles. The van der Waals surface area contributed by atoms with E-state index in [9.17, 15) is 16.4 Å². The molecule has 0 atom stereocenters. The molecule has 0 aliphatic carbocycles. The number of hydrogen-bond donors (Lipinski definition) is 0. The van der Waals surface area contributed by atoms with Crippen LogP contribution in [0.25, 0.3) is 88.0 Å². The summed E-state index contributed by atoms with van der Waals surface area (Å²) in [5, 5.41) is 2.46. The summed E-state index contributed by atoms with van der Waals surface area (Å²) < 4.78 is 177. The fraction of sp³-hybridized carbons (Fsp3) is 0. The lowest BCUT2D eigenvalue weighted by molar-refractivity contribution is 1.28. The molecular formula is C60H41N. The summed E-state index contributed by atoms with van der Waals surface area (Å²) in [5.74, 6) is 0. The summed E-state index contributed by atoms with van der Waals surface area (Å²) >= 11 is 0. The van der Waals surface area contributed by atoms with Crippen LogP contribution in [-0.4, -0.2) is 0 Å². The largest absolute Gasteiger partial charge is 0.311 e. The first-order chi connectivity index (χ1) is 38.2. The summed E-state index contributed by atoms with van der Waals surface area (Å²) in [7, 11) is 0. The van der Waals surface area contributed by atoms with E-state index < -0.39 is 154 Å². The Morgan fingerprint density at radius 3 is 1.51 bits per heavy atom. The quantitative estimate of drug-likeness (QED) is 0.148. The second-order valence-corrected chi connectivity index (χ2v) is 14.2. The highest BCUT2D eigenvalue weighted by atomic mass is 15.1. The van der Waals surface area contributed by atoms with Crippen LogP contribution in [0.5, 0.6) is 0 Å². The molecule has 11 rings (SSSR count). The Kier molecular flexibility index (Phi) is 5.46. The maximum atomic E-state index is 9.82. The van der Waals surface area contributed by atoms with Crippen LogP contribution in [-0.2, 0) is 0 Å². The standard InChI is InChI=1S/C60H41N/c1-2-15-50(16-3-1)60-58-21-9-6-14-46(58)34-41-59(60)49-32-39-53(40-33-49)61(52-37-30-48(31-38-52)57-23-11-18-45-13-5-8-20-55(45)57)51-35-28-43(29-36-51)42-24-26-47(27-25-42)56-22-10-17-44-12-4-7-19-54(44)56/h1-41H/i5D,8D,11D,13D,18D,20D,23D,28D,29D,30D,31D,32D,33D,35D,36D,37D,38D,39D,40D. The molecule has 0 fully saturated rings. The van der Waals surface area contributed by atoms with E-state index in [4.69, 9.17) is 9.60 Å². The van der Waals surface area contributed by atoms with Gasteiger partial charge in [-0.15, -0.1) is 0 Å². The molecule has 1 nitrogen and oxygen atoms in total. The lowest BCUT2D eigenvalue weighted by atomic mass is 9.90. The van der Waals surface area contributed by atoms with E-state index in [-0.39, 0.29) is 16.7 Å². The van der Waals surface area contributed by atoms with Crippen molar-refractivity contribution in [2.24, 2.45) is 0 Å². The van der Waals surface area contributed by atoms with E-state index in [1.54, 1.807) is 36.4 Å². The minimum Gasteiger partial charge on any atom is -0.311 e. The third kappa shape index (κ3) is 6.83. The normalized spacial score (nSPS) is 15.6. The number of nitrogens with zero attached hydrogens (tertiary/aromatic N) is 1. The molecule has 0 amide bonds. The molecule has 0 heterocycles. The number of rotatable bonds is 8. The smallest absolute Gasteiger partial charge is 0.0645 e. The van der Waals surface area contributed by atoms with E-state index in [1.807, 2.05) is 97.1 Å². The van der Waals surface area contributed by atoms with Gasteiger partial charge in [-0.2, -0.15) is 0 Å². The molecule has 11 aromatic carbocycles. The van der Waals surface area contributed by atoms with Crippen LogP contribution in [0.4, 0.5) is 17.1 Å². The van der Waals surface area contributed by atoms with Crippen LogP contribution in [0, 0.1) is 0 Å². The highest BCUT2D eigenvalue weighted by Gasteiger charge is 2.17. The molecule has 0 bridgehead atoms. The van der Waals surface area contributed by atoms with Gasteiger partial charge in [-0.25, -0.2) is 0 Å². The van der Waals surface area contributed by atoms with Crippen molar-refractivity contribution in [3.63, 3.8) is 0 Å². The van der Waals surface area contributed by atoms with Crippen LogP contribution in [0.2, 0.25) is 0 Å². The first-order valence-corrected chi connectivity index (χ1v) is 19.5. The zero-order valence-electron chi connectivity index (χ0n) is 51.1. The maximum absolute atomic E-state index is 9.82. The lowest BCUT2D eigenvalue weighted by Crippen LogP contribution is -2.09. The lowest BCUT2D eigenvalue weighted by Gasteiger charge is -2.26. The van der Waals surface area contributed by atoms with Crippen molar-refractivity contribution in [2.75, 3.05) is 4.90 Å². The predicted molar refractivity (Wildman–Crippen MR) is 261 cm³/mol. The van der Waals surface area contributed by atoms with Crippen molar-refractivity contribution in [2.45, 2.75) is 0 Å². The molecule has 286 valence electrons. The van der Waals surface area contributed by atoms with Gasteiger partial charge in [0, 0.05) is 17.1 Å². The fourth-order valence-corrected chi connectivity index (χ4v) is 7.68. The van der Waals surface area contributed by atoms with Gasteiger partial charge < -0.3 is 4.90 Å². The molecule has 0 N–H and O–H groups in total. The Morgan fingerprint density at radius 1 is 0.262 bits per heavy atom. The topological polar surface area (TPSA) is 3.24 Å². The molecule has 0 aromatic heterocycles. The first kappa shape index (κ1) is 21.3. The molecule has 11 aromatic rings. The van der Waals surface area contributed by atoms with Gasteiger partial charge in [0.05, 0.1) is 26.0 Å². The number of fused-ring (bicyclic) bond motifs is 3. The van der Waals surface area contributed by atoms with Crippen molar-refractivity contribution < 1.29 is 26.0 Å². The van der Waals surface area contributed by atoms with E-state index in [0.29, 0.717) is 21.6 Å². The maximum Gasteiger partial charge on any atom is 0.0645 e. The zero-order valence-corrected chi connectivity index (χ0v) is 32.1. The summed E-state index contributed by atoms with van der Waals surface area (Å²) in [6.07, 6.45) is 0. The van der Waals surface area contributed by atoms with Crippen LogP contribution >= 0.6 is 0 Å². The Hall–Kier alpha value is -8.00. The van der Waals surface area contributed by atoms with Crippen molar-refractivity contribution in [3.05, 3.63) is 248 Å². The van der Waals surface area contributed by atoms with Gasteiger partial charge in [0.25, 0.3) is 0 Å². The highest BCUT2D eigenvalue weighted by Crippen LogP contribution is 2.42. The molecule has 61 heavy (non-hydrogen) atoms. The summed E-state index contributed by atoms with van der Waals surface area (Å²) in [5.41, 5.74) is -0.635. The van der Waals surface area contributed by atoms with Gasteiger partial charge in [0.1, 0.15) is 0 Å².